The molecule has 0 fully saturated rings. The zero-order valence-electron chi connectivity index (χ0n) is 19.6. The highest BCUT2D eigenvalue weighted by Crippen LogP contribution is 2.28. The summed E-state index contributed by atoms with van der Waals surface area (Å²) in [7, 11) is 0. The summed E-state index contributed by atoms with van der Waals surface area (Å²) in [6, 6.07) is 26.7. The van der Waals surface area contributed by atoms with Crippen molar-refractivity contribution < 1.29 is 14.4 Å². The molecule has 0 amide bonds. The van der Waals surface area contributed by atoms with Crippen LogP contribution in [-0.4, -0.2) is 17.8 Å². The van der Waals surface area contributed by atoms with Crippen molar-refractivity contribution in [2.24, 2.45) is 10.6 Å². The molecule has 0 N–H and O–H groups in total. The number of rotatable bonds is 4. The van der Waals surface area contributed by atoms with Crippen molar-refractivity contribution in [3.05, 3.63) is 90.0 Å². The molecule has 1 atom stereocenters. The first kappa shape index (κ1) is 21.9. The van der Waals surface area contributed by atoms with E-state index in [1.165, 1.54) is 10.8 Å². The van der Waals surface area contributed by atoms with E-state index in [2.05, 4.69) is 92.7 Å². The van der Waals surface area contributed by atoms with Crippen molar-refractivity contribution in [2.45, 2.75) is 33.3 Å². The molecule has 0 aliphatic carbocycles. The summed E-state index contributed by atoms with van der Waals surface area (Å²) in [5.41, 5.74) is 3.01. The highest BCUT2D eigenvalue weighted by atomic mass is 16.7. The minimum atomic E-state index is -0.687. The first-order valence-electron chi connectivity index (χ1n) is 11.5. The van der Waals surface area contributed by atoms with E-state index >= 15 is 0 Å². The smallest absolute Gasteiger partial charge is 0.355 e. The molecule has 4 heteroatoms. The first-order chi connectivity index (χ1) is 16.3. The summed E-state index contributed by atoms with van der Waals surface area (Å²) in [6.45, 7) is 6.16. The third-order valence-corrected chi connectivity index (χ3v) is 6.09. The standard InChI is InChI=1S/C30H27NO3/c1-30(2,3)28-19-27(34-31-28)29(32)33-26-15-14-24-17-21(11-13-25(24)18-26)9-8-20-10-12-22-6-4-5-7-23(22)16-20/h4-18,27H,19H2,1-3H3. The van der Waals surface area contributed by atoms with Gasteiger partial charge >= 0.3 is 5.97 Å². The van der Waals surface area contributed by atoms with Gasteiger partial charge in [0.15, 0.2) is 0 Å². The molecule has 4 nitrogen and oxygen atoms in total. The van der Waals surface area contributed by atoms with Gasteiger partial charge in [-0.15, -0.1) is 0 Å². The van der Waals surface area contributed by atoms with E-state index in [1.54, 1.807) is 0 Å². The minimum Gasteiger partial charge on any atom is -0.424 e. The third-order valence-electron chi connectivity index (χ3n) is 6.09. The van der Waals surface area contributed by atoms with Crippen LogP contribution in [-0.2, 0) is 9.63 Å². The quantitative estimate of drug-likeness (QED) is 0.187. The second kappa shape index (κ2) is 8.79. The lowest BCUT2D eigenvalue weighted by Gasteiger charge is -2.16. The van der Waals surface area contributed by atoms with Crippen LogP contribution in [0.4, 0.5) is 0 Å². The number of hydrogen-bond acceptors (Lipinski definition) is 4. The number of oxime groups is 1. The molecule has 0 radical (unpaired) electrons. The average molecular weight is 450 g/mol. The van der Waals surface area contributed by atoms with Crippen LogP contribution in [0.1, 0.15) is 38.3 Å². The Morgan fingerprint density at radius 3 is 2.12 bits per heavy atom. The Hall–Kier alpha value is -3.92. The van der Waals surface area contributed by atoms with Crippen LogP contribution in [0.15, 0.2) is 84.0 Å². The number of hydrogen-bond donors (Lipinski definition) is 0. The number of nitrogens with zero attached hydrogens (tertiary/aromatic N) is 1. The van der Waals surface area contributed by atoms with E-state index in [0.717, 1.165) is 27.6 Å². The minimum absolute atomic E-state index is 0.127. The van der Waals surface area contributed by atoms with Crippen LogP contribution in [0, 0.1) is 5.41 Å². The summed E-state index contributed by atoms with van der Waals surface area (Å²) in [6.07, 6.45) is 4.01. The van der Waals surface area contributed by atoms with Gasteiger partial charge in [-0.2, -0.15) is 0 Å². The monoisotopic (exact) mass is 449 g/mol. The van der Waals surface area contributed by atoms with Gasteiger partial charge in [0.1, 0.15) is 5.75 Å². The van der Waals surface area contributed by atoms with Crippen molar-refractivity contribution in [3.8, 4) is 5.75 Å². The van der Waals surface area contributed by atoms with Crippen molar-refractivity contribution in [2.75, 3.05) is 0 Å². The lowest BCUT2D eigenvalue weighted by atomic mass is 9.87. The molecule has 0 bridgehead atoms. The maximum atomic E-state index is 12.5. The van der Waals surface area contributed by atoms with Gasteiger partial charge in [-0.3, -0.25) is 0 Å². The molecular weight excluding hydrogens is 422 g/mol. The highest BCUT2D eigenvalue weighted by Gasteiger charge is 2.35. The third kappa shape index (κ3) is 4.72. The topological polar surface area (TPSA) is 47.9 Å². The summed E-state index contributed by atoms with van der Waals surface area (Å²) < 4.78 is 5.59. The fourth-order valence-electron chi connectivity index (χ4n) is 4.04. The second-order valence-corrected chi connectivity index (χ2v) is 9.72. The van der Waals surface area contributed by atoms with Crippen molar-refractivity contribution in [3.63, 3.8) is 0 Å². The van der Waals surface area contributed by atoms with Gasteiger partial charge in [-0.25, -0.2) is 4.79 Å². The van der Waals surface area contributed by atoms with E-state index < -0.39 is 12.1 Å². The normalized spacial score (nSPS) is 16.1. The molecule has 4 aromatic carbocycles. The molecule has 1 aliphatic rings. The molecule has 1 aliphatic heterocycles. The lowest BCUT2D eigenvalue weighted by molar-refractivity contribution is -0.145. The van der Waals surface area contributed by atoms with Crippen LogP contribution in [0.25, 0.3) is 33.7 Å². The highest BCUT2D eigenvalue weighted by molar-refractivity contribution is 5.95. The van der Waals surface area contributed by atoms with Crippen LogP contribution in [0.5, 0.6) is 5.75 Å². The zero-order valence-corrected chi connectivity index (χ0v) is 19.6. The van der Waals surface area contributed by atoms with Gasteiger partial charge < -0.3 is 9.57 Å². The number of carbonyl (C=O) groups excluding carboxylic acids is 1. The first-order valence-corrected chi connectivity index (χ1v) is 11.5. The van der Waals surface area contributed by atoms with Gasteiger partial charge in [0.05, 0.1) is 5.71 Å². The van der Waals surface area contributed by atoms with E-state index in [-0.39, 0.29) is 5.41 Å². The Morgan fingerprint density at radius 2 is 1.44 bits per heavy atom. The zero-order chi connectivity index (χ0) is 23.7. The Kier molecular flexibility index (Phi) is 5.66. The van der Waals surface area contributed by atoms with Gasteiger partial charge in [0.25, 0.3) is 0 Å². The van der Waals surface area contributed by atoms with Crippen LogP contribution < -0.4 is 4.74 Å². The lowest BCUT2D eigenvalue weighted by Crippen LogP contribution is -2.28. The molecule has 0 spiro atoms. The molecule has 0 saturated heterocycles. The van der Waals surface area contributed by atoms with Gasteiger partial charge in [-0.1, -0.05) is 92.7 Å². The molecule has 1 unspecified atom stereocenters. The largest absolute Gasteiger partial charge is 0.424 e. The maximum Gasteiger partial charge on any atom is 0.355 e. The summed E-state index contributed by atoms with van der Waals surface area (Å²) >= 11 is 0. The number of ether oxygens (including phenoxy) is 1. The predicted octanol–water partition coefficient (Wildman–Crippen LogP) is 7.26. The summed E-state index contributed by atoms with van der Waals surface area (Å²) in [5, 5.41) is 8.63. The molecule has 34 heavy (non-hydrogen) atoms. The van der Waals surface area contributed by atoms with Gasteiger partial charge in [-0.05, 0) is 56.9 Å². The van der Waals surface area contributed by atoms with Crippen LogP contribution in [0.2, 0.25) is 0 Å². The van der Waals surface area contributed by atoms with Gasteiger partial charge in [0.2, 0.25) is 6.10 Å². The number of benzene rings is 4. The molecule has 4 aromatic rings. The van der Waals surface area contributed by atoms with E-state index in [1.807, 2.05) is 24.3 Å². The number of fused-ring (bicyclic) bond motifs is 2. The molecule has 0 aromatic heterocycles. The summed E-state index contributed by atoms with van der Waals surface area (Å²) in [4.78, 5) is 17.9. The Morgan fingerprint density at radius 1 is 0.853 bits per heavy atom. The molecule has 170 valence electrons. The molecule has 0 saturated carbocycles. The Labute approximate surface area is 199 Å². The Bertz CT molecular complexity index is 1440. The van der Waals surface area contributed by atoms with Crippen molar-refractivity contribution in [1.82, 2.24) is 0 Å². The van der Waals surface area contributed by atoms with E-state index in [4.69, 9.17) is 9.57 Å². The molecule has 5 rings (SSSR count). The number of esters is 1. The average Bonchev–Trinajstić information content (AvgIpc) is 3.34. The van der Waals surface area contributed by atoms with Crippen molar-refractivity contribution >= 4 is 45.4 Å². The summed E-state index contributed by atoms with van der Waals surface area (Å²) in [5.74, 6) is 0.0852. The number of carbonyl (C=O) groups is 1. The van der Waals surface area contributed by atoms with Crippen molar-refractivity contribution in [1.29, 1.82) is 0 Å². The van der Waals surface area contributed by atoms with E-state index in [0.29, 0.717) is 12.2 Å². The SMILES string of the molecule is CC(C)(C)C1=NOC(C(=O)Oc2ccc3cc(C=Cc4ccc5ccccc5c4)ccc3c2)C1. The molecular formula is C30H27NO3. The second-order valence-electron chi connectivity index (χ2n) is 9.72. The predicted molar refractivity (Wildman–Crippen MR) is 139 cm³/mol. The maximum absolute atomic E-state index is 12.5. The fourth-order valence-corrected chi connectivity index (χ4v) is 4.04. The van der Waals surface area contributed by atoms with Crippen LogP contribution in [0.3, 0.4) is 0 Å². The van der Waals surface area contributed by atoms with Crippen LogP contribution >= 0.6 is 0 Å². The molecule has 1 heterocycles. The van der Waals surface area contributed by atoms with E-state index in [9.17, 15) is 4.79 Å². The fraction of sp³-hybridized carbons (Fsp3) is 0.200. The Balaban J connectivity index is 1.28. The van der Waals surface area contributed by atoms with Gasteiger partial charge in [0, 0.05) is 11.8 Å².